The first-order chi connectivity index (χ1) is 12.7. The Morgan fingerprint density at radius 1 is 1.15 bits per heavy atom. The van der Waals surface area contributed by atoms with E-state index in [0.29, 0.717) is 6.54 Å². The minimum Gasteiger partial charge on any atom is -0.253 e. The maximum Gasteiger partial charge on any atom is 0.206 e. The number of halogens is 1. The highest BCUT2D eigenvalue weighted by atomic mass is 32.1. The van der Waals surface area contributed by atoms with Crippen molar-refractivity contribution in [1.82, 2.24) is 4.68 Å². The Hall–Kier alpha value is -2.79. The lowest BCUT2D eigenvalue weighted by Gasteiger charge is -2.07. The van der Waals surface area contributed by atoms with E-state index >= 15 is 0 Å². The van der Waals surface area contributed by atoms with Gasteiger partial charge >= 0.3 is 0 Å². The molecular formula is C21H20FN3S. The number of hydrogen-bond donors (Lipinski definition) is 0. The zero-order valence-electron chi connectivity index (χ0n) is 14.5. The molecular weight excluding hydrogens is 345 g/mol. The van der Waals surface area contributed by atoms with E-state index in [2.05, 4.69) is 35.7 Å². The van der Waals surface area contributed by atoms with E-state index in [1.807, 2.05) is 29.8 Å². The van der Waals surface area contributed by atoms with Crippen LogP contribution in [0.1, 0.15) is 18.4 Å². The lowest BCUT2D eigenvalue weighted by molar-refractivity contribution is 0.628. The first-order valence-corrected chi connectivity index (χ1v) is 9.24. The largest absolute Gasteiger partial charge is 0.253 e. The van der Waals surface area contributed by atoms with Gasteiger partial charge in [-0.2, -0.15) is 5.10 Å². The summed E-state index contributed by atoms with van der Waals surface area (Å²) in [4.78, 5) is 5.29. The molecule has 2 aromatic carbocycles. The molecule has 26 heavy (non-hydrogen) atoms. The highest BCUT2D eigenvalue weighted by molar-refractivity contribution is 7.07. The van der Waals surface area contributed by atoms with Gasteiger partial charge in [0.2, 0.25) is 4.80 Å². The molecule has 0 aliphatic carbocycles. The van der Waals surface area contributed by atoms with Gasteiger partial charge in [0.05, 0.1) is 12.2 Å². The van der Waals surface area contributed by atoms with Crippen molar-refractivity contribution < 1.29 is 4.39 Å². The van der Waals surface area contributed by atoms with Crippen LogP contribution < -0.4 is 4.80 Å². The third kappa shape index (κ3) is 4.24. The fourth-order valence-corrected chi connectivity index (χ4v) is 3.34. The lowest BCUT2D eigenvalue weighted by Crippen LogP contribution is -2.13. The van der Waals surface area contributed by atoms with Gasteiger partial charge in [0.1, 0.15) is 5.82 Å². The van der Waals surface area contributed by atoms with Crippen LogP contribution in [-0.4, -0.2) is 17.4 Å². The summed E-state index contributed by atoms with van der Waals surface area (Å²) in [6.07, 6.45) is 3.65. The van der Waals surface area contributed by atoms with Crippen molar-refractivity contribution >= 4 is 17.6 Å². The summed E-state index contributed by atoms with van der Waals surface area (Å²) in [7, 11) is 0. The quantitative estimate of drug-likeness (QED) is 0.431. The fourth-order valence-electron chi connectivity index (χ4n) is 2.49. The molecule has 5 heteroatoms. The zero-order valence-corrected chi connectivity index (χ0v) is 15.4. The smallest absolute Gasteiger partial charge is 0.206 e. The van der Waals surface area contributed by atoms with Gasteiger partial charge in [-0.25, -0.2) is 9.07 Å². The SMILES string of the molecule is C=CCN=c1scc(-c2ccc(F)cc2)n1N=CC(C)c1ccccc1. The summed E-state index contributed by atoms with van der Waals surface area (Å²) < 4.78 is 15.1. The van der Waals surface area contributed by atoms with Crippen molar-refractivity contribution in [2.45, 2.75) is 12.8 Å². The Morgan fingerprint density at radius 3 is 2.58 bits per heavy atom. The van der Waals surface area contributed by atoms with E-state index in [0.717, 1.165) is 16.1 Å². The van der Waals surface area contributed by atoms with E-state index in [-0.39, 0.29) is 11.7 Å². The fraction of sp³-hybridized carbons (Fsp3) is 0.143. The number of thiazole rings is 1. The van der Waals surface area contributed by atoms with Crippen LogP contribution >= 0.6 is 11.3 Å². The molecule has 0 aliphatic heterocycles. The topological polar surface area (TPSA) is 29.6 Å². The molecule has 0 N–H and O–H groups in total. The predicted molar refractivity (Wildman–Crippen MR) is 107 cm³/mol. The summed E-state index contributed by atoms with van der Waals surface area (Å²) in [6, 6.07) is 16.6. The molecule has 3 aromatic rings. The molecule has 0 radical (unpaired) electrons. The van der Waals surface area contributed by atoms with Gasteiger partial charge in [-0.3, -0.25) is 4.99 Å². The third-order valence-corrected chi connectivity index (χ3v) is 4.77. The Morgan fingerprint density at radius 2 is 1.88 bits per heavy atom. The molecule has 3 rings (SSSR count). The Balaban J connectivity index is 2.00. The summed E-state index contributed by atoms with van der Waals surface area (Å²) in [5.74, 6) is -0.0924. The molecule has 0 spiro atoms. The molecule has 1 atom stereocenters. The average molecular weight is 365 g/mol. The second kappa shape index (κ2) is 8.54. The van der Waals surface area contributed by atoms with Gasteiger partial charge < -0.3 is 0 Å². The van der Waals surface area contributed by atoms with Crippen molar-refractivity contribution in [2.75, 3.05) is 6.54 Å². The number of benzene rings is 2. The summed E-state index contributed by atoms with van der Waals surface area (Å²) in [6.45, 7) is 6.34. The number of rotatable bonds is 6. The highest BCUT2D eigenvalue weighted by Crippen LogP contribution is 2.21. The van der Waals surface area contributed by atoms with E-state index in [1.165, 1.54) is 29.0 Å². The highest BCUT2D eigenvalue weighted by Gasteiger charge is 2.08. The van der Waals surface area contributed by atoms with Gasteiger partial charge in [0.15, 0.2) is 0 Å². The van der Waals surface area contributed by atoms with Crippen LogP contribution in [0.5, 0.6) is 0 Å². The monoisotopic (exact) mass is 365 g/mol. The molecule has 1 unspecified atom stereocenters. The van der Waals surface area contributed by atoms with Crippen LogP contribution in [0, 0.1) is 5.82 Å². The molecule has 0 saturated carbocycles. The first kappa shape index (κ1) is 18.0. The van der Waals surface area contributed by atoms with Crippen LogP contribution in [0.15, 0.2) is 82.7 Å². The van der Waals surface area contributed by atoms with Gasteiger partial charge in [0, 0.05) is 23.1 Å². The molecule has 0 aliphatic rings. The van der Waals surface area contributed by atoms with Crippen LogP contribution in [0.25, 0.3) is 11.3 Å². The zero-order chi connectivity index (χ0) is 18.4. The minimum absolute atomic E-state index is 0.164. The Kier molecular flexibility index (Phi) is 5.92. The number of aromatic nitrogens is 1. The van der Waals surface area contributed by atoms with Crippen LogP contribution in [0.2, 0.25) is 0 Å². The van der Waals surface area contributed by atoms with Crippen LogP contribution in [-0.2, 0) is 0 Å². The Bertz CT molecular complexity index is 953. The van der Waals surface area contributed by atoms with Gasteiger partial charge in [0.25, 0.3) is 0 Å². The second-order valence-corrected chi connectivity index (χ2v) is 6.65. The lowest BCUT2D eigenvalue weighted by atomic mass is 10.0. The number of nitrogens with zero attached hydrogens (tertiary/aromatic N) is 3. The molecule has 132 valence electrons. The maximum absolute atomic E-state index is 13.3. The van der Waals surface area contributed by atoms with Crippen molar-refractivity contribution in [3.05, 3.63) is 88.8 Å². The molecule has 0 saturated heterocycles. The van der Waals surface area contributed by atoms with E-state index in [4.69, 9.17) is 0 Å². The summed E-state index contributed by atoms with van der Waals surface area (Å²) in [5, 5.41) is 6.66. The molecule has 0 bridgehead atoms. The Labute approximate surface area is 156 Å². The first-order valence-electron chi connectivity index (χ1n) is 8.36. The van der Waals surface area contributed by atoms with Crippen molar-refractivity contribution in [2.24, 2.45) is 10.1 Å². The summed E-state index contributed by atoms with van der Waals surface area (Å²) in [5.41, 5.74) is 2.97. The number of hydrogen-bond acceptors (Lipinski definition) is 3. The summed E-state index contributed by atoms with van der Waals surface area (Å²) >= 11 is 1.50. The van der Waals surface area contributed by atoms with Crippen LogP contribution in [0.4, 0.5) is 4.39 Å². The minimum atomic E-state index is -0.256. The van der Waals surface area contributed by atoms with Gasteiger partial charge in [-0.1, -0.05) is 43.3 Å². The van der Waals surface area contributed by atoms with E-state index in [9.17, 15) is 4.39 Å². The second-order valence-electron chi connectivity index (χ2n) is 5.82. The molecule has 0 fully saturated rings. The van der Waals surface area contributed by atoms with Crippen molar-refractivity contribution in [3.63, 3.8) is 0 Å². The van der Waals surface area contributed by atoms with E-state index in [1.54, 1.807) is 22.9 Å². The molecule has 1 heterocycles. The van der Waals surface area contributed by atoms with Crippen LogP contribution in [0.3, 0.4) is 0 Å². The van der Waals surface area contributed by atoms with Gasteiger partial charge in [-0.05, 0) is 29.8 Å². The van der Waals surface area contributed by atoms with Crippen molar-refractivity contribution in [1.29, 1.82) is 0 Å². The molecule has 3 nitrogen and oxygen atoms in total. The average Bonchev–Trinajstić information content (AvgIpc) is 3.08. The third-order valence-electron chi connectivity index (χ3n) is 3.91. The normalized spacial score (nSPS) is 13.2. The molecule has 0 amide bonds. The van der Waals surface area contributed by atoms with E-state index < -0.39 is 0 Å². The standard InChI is InChI=1S/C21H20FN3S/c1-3-13-23-21-25(24-14-16(2)17-7-5-4-6-8-17)20(15-26-21)18-9-11-19(22)12-10-18/h3-12,14-16H,1,13H2,2H3. The molecule has 1 aromatic heterocycles. The maximum atomic E-state index is 13.3. The van der Waals surface area contributed by atoms with Crippen molar-refractivity contribution in [3.8, 4) is 11.3 Å². The van der Waals surface area contributed by atoms with Gasteiger partial charge in [-0.15, -0.1) is 17.9 Å². The predicted octanol–water partition coefficient (Wildman–Crippen LogP) is 5.08.